The molecule has 15 heavy (non-hydrogen) atoms. The van der Waals surface area contributed by atoms with Crippen LogP contribution in [0.25, 0.3) is 10.1 Å². The van der Waals surface area contributed by atoms with E-state index in [1.54, 1.807) is 11.3 Å². The summed E-state index contributed by atoms with van der Waals surface area (Å²) in [6.07, 6.45) is 0.698. The second kappa shape index (κ2) is 3.89. The van der Waals surface area contributed by atoms with Gasteiger partial charge in [-0.1, -0.05) is 15.9 Å². The minimum absolute atomic E-state index is 0.643. The first-order valence-corrected chi connectivity index (χ1v) is 6.51. The third-order valence-corrected chi connectivity index (χ3v) is 3.74. The van der Waals surface area contributed by atoms with E-state index in [-0.39, 0.29) is 0 Å². The molecule has 2 rings (SSSR count). The molecule has 1 aromatic heterocycles. The molecule has 2 aromatic rings. The third kappa shape index (κ3) is 2.60. The summed E-state index contributed by atoms with van der Waals surface area (Å²) in [6.45, 7) is 3.68. The van der Waals surface area contributed by atoms with Gasteiger partial charge >= 0.3 is 0 Å². The topological polar surface area (TPSA) is 20.2 Å². The predicted molar refractivity (Wildman–Crippen MR) is 69.5 cm³/mol. The molecule has 0 fully saturated rings. The van der Waals surface area contributed by atoms with Crippen molar-refractivity contribution in [2.24, 2.45) is 0 Å². The standard InChI is InChI=1S/C12H13BrOS/c1-12(2,14)6-8-7-15-11-4-3-9(13)5-10(8)11/h3-5,7,14H,6H2,1-2H3. The van der Waals surface area contributed by atoms with Crippen LogP contribution >= 0.6 is 27.3 Å². The molecule has 0 radical (unpaired) electrons. The molecule has 1 heterocycles. The van der Waals surface area contributed by atoms with Crippen molar-refractivity contribution in [2.75, 3.05) is 0 Å². The van der Waals surface area contributed by atoms with E-state index in [4.69, 9.17) is 0 Å². The van der Waals surface area contributed by atoms with Crippen LogP contribution in [-0.2, 0) is 6.42 Å². The van der Waals surface area contributed by atoms with Gasteiger partial charge in [-0.3, -0.25) is 0 Å². The van der Waals surface area contributed by atoms with Crippen LogP contribution in [0.1, 0.15) is 19.4 Å². The van der Waals surface area contributed by atoms with Gasteiger partial charge < -0.3 is 5.11 Å². The molecule has 80 valence electrons. The number of rotatable bonds is 2. The number of halogens is 1. The zero-order chi connectivity index (χ0) is 11.1. The monoisotopic (exact) mass is 284 g/mol. The summed E-state index contributed by atoms with van der Waals surface area (Å²) in [7, 11) is 0. The van der Waals surface area contributed by atoms with Gasteiger partial charge in [-0.25, -0.2) is 0 Å². The van der Waals surface area contributed by atoms with E-state index in [0.717, 1.165) is 4.47 Å². The van der Waals surface area contributed by atoms with Crippen molar-refractivity contribution in [2.45, 2.75) is 25.9 Å². The number of thiophene rings is 1. The fraction of sp³-hybridized carbons (Fsp3) is 0.333. The number of hydrogen-bond acceptors (Lipinski definition) is 2. The van der Waals surface area contributed by atoms with Crippen LogP contribution in [0.3, 0.4) is 0 Å². The van der Waals surface area contributed by atoms with Gasteiger partial charge in [0.05, 0.1) is 5.60 Å². The molecule has 0 unspecified atom stereocenters. The van der Waals surface area contributed by atoms with Crippen LogP contribution in [0, 0.1) is 0 Å². The Balaban J connectivity index is 2.48. The molecule has 0 atom stereocenters. The van der Waals surface area contributed by atoms with Gasteiger partial charge in [0.15, 0.2) is 0 Å². The molecule has 0 saturated carbocycles. The van der Waals surface area contributed by atoms with Gasteiger partial charge in [0.25, 0.3) is 0 Å². The Morgan fingerprint density at radius 3 is 2.80 bits per heavy atom. The van der Waals surface area contributed by atoms with Crippen LogP contribution in [0.15, 0.2) is 28.1 Å². The highest BCUT2D eigenvalue weighted by Crippen LogP contribution is 2.30. The molecule has 0 amide bonds. The molecular weight excluding hydrogens is 272 g/mol. The summed E-state index contributed by atoms with van der Waals surface area (Å²) < 4.78 is 2.36. The smallest absolute Gasteiger partial charge is 0.0632 e. The Bertz CT molecular complexity index is 482. The summed E-state index contributed by atoms with van der Waals surface area (Å²) in [5.74, 6) is 0. The summed E-state index contributed by atoms with van der Waals surface area (Å²) >= 11 is 5.20. The maximum absolute atomic E-state index is 9.81. The van der Waals surface area contributed by atoms with Gasteiger partial charge in [-0.05, 0) is 48.4 Å². The molecule has 0 bridgehead atoms. The van der Waals surface area contributed by atoms with E-state index in [1.165, 1.54) is 15.6 Å². The fourth-order valence-electron chi connectivity index (χ4n) is 1.66. The van der Waals surface area contributed by atoms with E-state index in [0.29, 0.717) is 6.42 Å². The number of fused-ring (bicyclic) bond motifs is 1. The SMILES string of the molecule is CC(C)(O)Cc1csc2ccc(Br)cc12. The van der Waals surface area contributed by atoms with Crippen LogP contribution in [0.4, 0.5) is 0 Å². The van der Waals surface area contributed by atoms with Gasteiger partial charge in [0.2, 0.25) is 0 Å². The van der Waals surface area contributed by atoms with E-state index in [2.05, 4.69) is 33.4 Å². The highest BCUT2D eigenvalue weighted by Gasteiger charge is 2.16. The molecule has 0 aliphatic rings. The van der Waals surface area contributed by atoms with E-state index >= 15 is 0 Å². The van der Waals surface area contributed by atoms with Crippen LogP contribution < -0.4 is 0 Å². The van der Waals surface area contributed by atoms with Gasteiger partial charge in [0, 0.05) is 15.6 Å². The van der Waals surface area contributed by atoms with Crippen molar-refractivity contribution in [3.05, 3.63) is 33.6 Å². The van der Waals surface area contributed by atoms with Crippen molar-refractivity contribution in [1.29, 1.82) is 0 Å². The lowest BCUT2D eigenvalue weighted by molar-refractivity contribution is 0.0814. The van der Waals surface area contributed by atoms with Crippen LogP contribution in [0.5, 0.6) is 0 Å². The first-order chi connectivity index (χ1) is 6.96. The van der Waals surface area contributed by atoms with Crippen molar-refractivity contribution in [1.82, 2.24) is 0 Å². The lowest BCUT2D eigenvalue weighted by Crippen LogP contribution is -2.21. The lowest BCUT2D eigenvalue weighted by atomic mass is 9.98. The normalized spacial score (nSPS) is 12.3. The highest BCUT2D eigenvalue weighted by molar-refractivity contribution is 9.10. The van der Waals surface area contributed by atoms with E-state index in [1.807, 2.05) is 19.9 Å². The van der Waals surface area contributed by atoms with Crippen LogP contribution in [0.2, 0.25) is 0 Å². The average molecular weight is 285 g/mol. The zero-order valence-corrected chi connectivity index (χ0v) is 11.2. The summed E-state index contributed by atoms with van der Waals surface area (Å²) in [5.41, 5.74) is 0.583. The highest BCUT2D eigenvalue weighted by atomic mass is 79.9. The number of aliphatic hydroxyl groups is 1. The van der Waals surface area contributed by atoms with Gasteiger partial charge in [0.1, 0.15) is 0 Å². The molecule has 0 aliphatic carbocycles. The van der Waals surface area contributed by atoms with E-state index < -0.39 is 5.60 Å². The first kappa shape index (κ1) is 11.1. The summed E-state index contributed by atoms with van der Waals surface area (Å²) in [6, 6.07) is 6.28. The quantitative estimate of drug-likeness (QED) is 0.885. The summed E-state index contributed by atoms with van der Waals surface area (Å²) in [4.78, 5) is 0. The maximum atomic E-state index is 9.81. The minimum Gasteiger partial charge on any atom is -0.390 e. The lowest BCUT2D eigenvalue weighted by Gasteiger charge is -2.16. The Morgan fingerprint density at radius 2 is 2.13 bits per heavy atom. The first-order valence-electron chi connectivity index (χ1n) is 4.84. The molecule has 1 N–H and O–H groups in total. The molecule has 3 heteroatoms. The maximum Gasteiger partial charge on any atom is 0.0632 e. The largest absolute Gasteiger partial charge is 0.390 e. The van der Waals surface area contributed by atoms with Crippen molar-refractivity contribution < 1.29 is 5.11 Å². The predicted octanol–water partition coefficient (Wildman–Crippen LogP) is 3.98. The molecule has 1 aromatic carbocycles. The van der Waals surface area contributed by atoms with Crippen molar-refractivity contribution >= 4 is 37.4 Å². The number of hydrogen-bond donors (Lipinski definition) is 1. The Hall–Kier alpha value is -0.380. The van der Waals surface area contributed by atoms with Crippen LogP contribution in [-0.4, -0.2) is 10.7 Å². The minimum atomic E-state index is -0.643. The second-order valence-electron chi connectivity index (χ2n) is 4.39. The van der Waals surface area contributed by atoms with Crippen molar-refractivity contribution in [3.8, 4) is 0 Å². The Kier molecular flexibility index (Phi) is 2.88. The molecular formula is C12H13BrOS. The molecule has 0 saturated heterocycles. The molecule has 0 aliphatic heterocycles. The fourth-order valence-corrected chi connectivity index (χ4v) is 2.96. The Labute approximate surface area is 102 Å². The van der Waals surface area contributed by atoms with E-state index in [9.17, 15) is 5.11 Å². The van der Waals surface area contributed by atoms with Gasteiger partial charge in [-0.15, -0.1) is 11.3 Å². The molecule has 1 nitrogen and oxygen atoms in total. The average Bonchev–Trinajstić information content (AvgIpc) is 2.46. The zero-order valence-electron chi connectivity index (χ0n) is 8.75. The number of benzene rings is 1. The third-order valence-electron chi connectivity index (χ3n) is 2.24. The van der Waals surface area contributed by atoms with Crippen molar-refractivity contribution in [3.63, 3.8) is 0 Å². The molecule has 0 spiro atoms. The Morgan fingerprint density at radius 1 is 1.40 bits per heavy atom. The summed E-state index contributed by atoms with van der Waals surface area (Å²) in [5, 5.41) is 13.2. The van der Waals surface area contributed by atoms with Gasteiger partial charge in [-0.2, -0.15) is 0 Å². The second-order valence-corrected chi connectivity index (χ2v) is 6.22.